The van der Waals surface area contributed by atoms with Gasteiger partial charge < -0.3 is 19.7 Å². The second kappa shape index (κ2) is 11.7. The summed E-state index contributed by atoms with van der Waals surface area (Å²) in [6.07, 6.45) is 1.93. The van der Waals surface area contributed by atoms with E-state index in [-0.39, 0.29) is 46.7 Å². The monoisotopic (exact) mass is 311 g/mol. The molecule has 0 saturated carbocycles. The number of carbonyl (C=O) groups is 1. The minimum Gasteiger partial charge on any atom is -0.539 e. The number of hydrogen-bond acceptors (Lipinski definition) is 4. The molecular formula is C15H28NaO5+. The van der Waals surface area contributed by atoms with Crippen LogP contribution in [0.5, 0.6) is 0 Å². The molecule has 0 aromatic heterocycles. The van der Waals surface area contributed by atoms with Gasteiger partial charge in [0.15, 0.2) is 5.78 Å². The molecule has 5 nitrogen and oxygen atoms in total. The van der Waals surface area contributed by atoms with Gasteiger partial charge in [0.1, 0.15) is 6.10 Å². The molecule has 1 heterocycles. The van der Waals surface area contributed by atoms with Crippen LogP contribution in [0.4, 0.5) is 0 Å². The van der Waals surface area contributed by atoms with Crippen LogP contribution in [0.1, 0.15) is 40.5 Å². The van der Waals surface area contributed by atoms with E-state index >= 15 is 0 Å². The number of epoxide rings is 1. The third kappa shape index (κ3) is 9.76. The zero-order valence-electron chi connectivity index (χ0n) is 13.9. The van der Waals surface area contributed by atoms with Gasteiger partial charge in [-0.3, -0.25) is 4.79 Å². The summed E-state index contributed by atoms with van der Waals surface area (Å²) in [6.45, 7) is 9.79. The Balaban J connectivity index is 0. The molecule has 3 atom stereocenters. The van der Waals surface area contributed by atoms with E-state index in [0.717, 1.165) is 6.42 Å². The first-order valence-electron chi connectivity index (χ1n) is 7.07. The maximum absolute atomic E-state index is 11.9. The Morgan fingerprint density at radius 1 is 1.19 bits per heavy atom. The summed E-state index contributed by atoms with van der Waals surface area (Å²) in [4.78, 5) is 22.3. The van der Waals surface area contributed by atoms with Crippen molar-refractivity contribution < 1.29 is 54.1 Å². The van der Waals surface area contributed by atoms with Crippen LogP contribution < -0.4 is 29.6 Å². The van der Waals surface area contributed by atoms with Gasteiger partial charge in [-0.15, -0.1) is 0 Å². The van der Waals surface area contributed by atoms with Crippen LogP contribution in [-0.2, 0) is 24.5 Å². The first-order chi connectivity index (χ1) is 8.93. The van der Waals surface area contributed by atoms with Crippen LogP contribution in [0.15, 0.2) is 0 Å². The molecule has 1 rings (SSSR count). The summed E-state index contributed by atoms with van der Waals surface area (Å²) in [5, 5.41) is 0. The van der Waals surface area contributed by atoms with Crippen molar-refractivity contribution in [3.63, 3.8) is 0 Å². The van der Waals surface area contributed by atoms with Crippen molar-refractivity contribution in [3.05, 3.63) is 0 Å². The summed E-state index contributed by atoms with van der Waals surface area (Å²) in [6, 6.07) is 0. The summed E-state index contributed by atoms with van der Waals surface area (Å²) in [5.41, 5.74) is 0. The molecule has 0 radical (unpaired) electrons. The van der Waals surface area contributed by atoms with Gasteiger partial charge in [-0.05, 0) is 30.3 Å². The summed E-state index contributed by atoms with van der Waals surface area (Å²) >= 11 is 0. The molecule has 3 N–H and O–H groups in total. The molecule has 0 aromatic carbocycles. The summed E-state index contributed by atoms with van der Waals surface area (Å²) in [5.74, 6) is 1.24. The fourth-order valence-electron chi connectivity index (χ4n) is 2.19. The molecule has 0 unspecified atom stereocenters. The van der Waals surface area contributed by atoms with E-state index < -0.39 is 12.2 Å². The molecule has 118 valence electrons. The standard InChI is InChI=1S/C15H25O4.Na.H2O/c1-10(2)5-12(9-18-8-11(3)4)6-13(17)15-14(7-16)19-15;;/h10-12,14-15H,5-6,8-9H2,1-4H3;;1H2/q-1;+1;/p+1/t12-,14-,15-;;/m1../s1. The van der Waals surface area contributed by atoms with Gasteiger partial charge in [0, 0.05) is 19.6 Å². The second-order valence-electron chi connectivity index (χ2n) is 6.19. The Morgan fingerprint density at radius 3 is 2.24 bits per heavy atom. The molecule has 21 heavy (non-hydrogen) atoms. The predicted molar refractivity (Wildman–Crippen MR) is 77.5 cm³/mol. The maximum Gasteiger partial charge on any atom is 1.00 e. The molecule has 1 saturated heterocycles. The van der Waals surface area contributed by atoms with Crippen molar-refractivity contribution in [2.24, 2.45) is 17.8 Å². The average molecular weight is 311 g/mol. The molecule has 0 aliphatic carbocycles. The molecule has 0 aromatic rings. The van der Waals surface area contributed by atoms with Gasteiger partial charge >= 0.3 is 29.6 Å². The normalized spacial score (nSPS) is 21.4. The van der Waals surface area contributed by atoms with Crippen molar-refractivity contribution in [3.8, 4) is 0 Å². The SMILES string of the molecule is CC(C)COC[C@@H](CC(=O)[C@H]1O[C@@H]1[C-]=O)CC(C)C.[Na+].[OH3+]. The number of Topliss-reactive ketones (excluding diaryl/α,β-unsaturated/α-hetero) is 1. The minimum absolute atomic E-state index is 0. The van der Waals surface area contributed by atoms with Crippen LogP contribution in [0.3, 0.4) is 0 Å². The summed E-state index contributed by atoms with van der Waals surface area (Å²) < 4.78 is 10.6. The average Bonchev–Trinajstić information content (AvgIpc) is 3.06. The third-order valence-electron chi connectivity index (χ3n) is 3.02. The fourth-order valence-corrected chi connectivity index (χ4v) is 2.19. The van der Waals surface area contributed by atoms with Crippen molar-refractivity contribution in [2.45, 2.75) is 52.7 Å². The number of ether oxygens (including phenoxy) is 2. The first kappa shape index (κ1) is 23.5. The van der Waals surface area contributed by atoms with Gasteiger partial charge in [0.25, 0.3) is 0 Å². The van der Waals surface area contributed by atoms with Crippen molar-refractivity contribution in [2.75, 3.05) is 13.2 Å². The number of ketones is 1. The van der Waals surface area contributed by atoms with Crippen LogP contribution >= 0.6 is 0 Å². The van der Waals surface area contributed by atoms with E-state index in [0.29, 0.717) is 31.5 Å². The van der Waals surface area contributed by atoms with Crippen LogP contribution in [0.25, 0.3) is 0 Å². The van der Waals surface area contributed by atoms with E-state index in [1.807, 2.05) is 0 Å². The van der Waals surface area contributed by atoms with Gasteiger partial charge in [0.05, 0.1) is 0 Å². The third-order valence-corrected chi connectivity index (χ3v) is 3.02. The minimum atomic E-state index is -0.621. The molecule has 1 fully saturated rings. The number of rotatable bonds is 10. The van der Waals surface area contributed by atoms with E-state index in [2.05, 4.69) is 27.7 Å². The first-order valence-corrected chi connectivity index (χ1v) is 7.07. The molecular weight excluding hydrogens is 283 g/mol. The zero-order valence-corrected chi connectivity index (χ0v) is 15.9. The Kier molecular flexibility index (Phi) is 13.1. The van der Waals surface area contributed by atoms with Crippen molar-refractivity contribution in [1.29, 1.82) is 0 Å². The Labute approximate surface area is 149 Å². The van der Waals surface area contributed by atoms with Gasteiger partial charge in [-0.25, -0.2) is 6.29 Å². The smallest absolute Gasteiger partial charge is 0.539 e. The largest absolute Gasteiger partial charge is 1.00 e. The Hall–Kier alpha value is 0.220. The number of hydrogen-bond donors (Lipinski definition) is 0. The fraction of sp³-hybridized carbons (Fsp3) is 0.867. The van der Waals surface area contributed by atoms with Gasteiger partial charge in [-0.2, -0.15) is 0 Å². The van der Waals surface area contributed by atoms with Crippen LogP contribution in [0, 0.1) is 17.8 Å². The zero-order chi connectivity index (χ0) is 14.4. The van der Waals surface area contributed by atoms with E-state index in [1.54, 1.807) is 6.29 Å². The summed E-state index contributed by atoms with van der Waals surface area (Å²) in [7, 11) is 0. The molecule has 1 aliphatic rings. The van der Waals surface area contributed by atoms with E-state index in [1.165, 1.54) is 0 Å². The molecule has 6 heteroatoms. The van der Waals surface area contributed by atoms with Crippen molar-refractivity contribution in [1.82, 2.24) is 0 Å². The quantitative estimate of drug-likeness (QED) is 0.207. The molecule has 0 bridgehead atoms. The predicted octanol–water partition coefficient (Wildman–Crippen LogP) is -1.76. The van der Waals surface area contributed by atoms with E-state index in [9.17, 15) is 9.59 Å². The number of carbonyl (C=O) groups excluding carboxylic acids is 2. The maximum atomic E-state index is 11.9. The molecule has 0 spiro atoms. The van der Waals surface area contributed by atoms with Gasteiger partial charge in [0.2, 0.25) is 0 Å². The van der Waals surface area contributed by atoms with E-state index in [4.69, 9.17) is 9.47 Å². The Morgan fingerprint density at radius 2 is 1.81 bits per heavy atom. The van der Waals surface area contributed by atoms with Crippen molar-refractivity contribution >= 4 is 12.1 Å². The molecule has 1 aliphatic heterocycles. The molecule has 0 amide bonds. The van der Waals surface area contributed by atoms with Crippen LogP contribution in [-0.4, -0.2) is 37.5 Å². The Bertz CT molecular complexity index is 306. The second-order valence-corrected chi connectivity index (χ2v) is 6.19. The topological polar surface area (TPSA) is 88.9 Å². The van der Waals surface area contributed by atoms with Crippen LogP contribution in [0.2, 0.25) is 0 Å². The van der Waals surface area contributed by atoms with Gasteiger partial charge in [-0.1, -0.05) is 27.7 Å².